The molecule has 0 spiro atoms. The van der Waals surface area contributed by atoms with Crippen LogP contribution in [0.4, 0.5) is 10.6 Å². The van der Waals surface area contributed by atoms with Crippen LogP contribution >= 0.6 is 0 Å². The van der Waals surface area contributed by atoms with Gasteiger partial charge in [0, 0.05) is 18.9 Å². The normalized spacial score (nSPS) is 18.8. The maximum atomic E-state index is 11.3. The van der Waals surface area contributed by atoms with Gasteiger partial charge in [0.15, 0.2) is 5.82 Å². The number of carbonyl (C=O) groups is 2. The van der Waals surface area contributed by atoms with Crippen LogP contribution < -0.4 is 10.6 Å². The van der Waals surface area contributed by atoms with Crippen LogP contribution in [0, 0.1) is 5.92 Å². The molecule has 1 saturated heterocycles. The Kier molecular flexibility index (Phi) is 3.17. The van der Waals surface area contributed by atoms with Gasteiger partial charge in [-0.15, -0.1) is 5.10 Å². The molecule has 0 saturated carbocycles. The Morgan fingerprint density at radius 3 is 2.88 bits per heavy atom. The molecule has 3 N–H and O–H groups in total. The van der Waals surface area contributed by atoms with Gasteiger partial charge in [0.1, 0.15) is 0 Å². The van der Waals surface area contributed by atoms with Gasteiger partial charge < -0.3 is 10.4 Å². The largest absolute Gasteiger partial charge is 0.465 e. The molecule has 0 aromatic carbocycles. The van der Waals surface area contributed by atoms with Crippen LogP contribution in [0.3, 0.4) is 0 Å². The fourth-order valence-electron chi connectivity index (χ4n) is 1.74. The maximum Gasteiger partial charge on any atom is 0.410 e. The second-order valence-corrected chi connectivity index (χ2v) is 3.82. The number of nitrogens with zero attached hydrogens (tertiary/aromatic N) is 2. The Balaban J connectivity index is 1.98. The van der Waals surface area contributed by atoms with Crippen molar-refractivity contribution in [2.24, 2.45) is 5.92 Å². The highest BCUT2D eigenvalue weighted by molar-refractivity contribution is 5.81. The number of nitrogens with one attached hydrogen (secondary N) is 2. The van der Waals surface area contributed by atoms with E-state index >= 15 is 0 Å². The lowest BCUT2D eigenvalue weighted by molar-refractivity contribution is -0.122. The average Bonchev–Trinajstić information content (AvgIpc) is 2.67. The third kappa shape index (κ3) is 2.90. The third-order valence-corrected chi connectivity index (χ3v) is 2.57. The zero-order valence-corrected chi connectivity index (χ0v) is 9.01. The minimum Gasteiger partial charge on any atom is -0.465 e. The number of hydrogen-bond acceptors (Lipinski definition) is 4. The molecule has 1 aromatic rings. The smallest absolute Gasteiger partial charge is 0.410 e. The molecule has 0 aliphatic carbocycles. The highest BCUT2D eigenvalue weighted by atomic mass is 16.4. The topological polar surface area (TPSA) is 104 Å². The molecule has 1 aromatic heterocycles. The second-order valence-electron chi connectivity index (χ2n) is 3.82. The molecule has 17 heavy (non-hydrogen) atoms. The van der Waals surface area contributed by atoms with Crippen LogP contribution in [0.5, 0.6) is 0 Å². The summed E-state index contributed by atoms with van der Waals surface area (Å²) in [4.78, 5) is 21.7. The van der Waals surface area contributed by atoms with Crippen molar-refractivity contribution in [2.75, 3.05) is 11.9 Å². The van der Waals surface area contributed by atoms with E-state index in [4.69, 9.17) is 5.11 Å². The minimum absolute atomic E-state index is 0.0412. The molecule has 7 heteroatoms. The molecule has 1 atom stereocenters. The number of hydrogen-bond donors (Lipinski definition) is 3. The van der Waals surface area contributed by atoms with Crippen molar-refractivity contribution in [3.8, 4) is 0 Å². The molecular weight excluding hydrogens is 224 g/mol. The average molecular weight is 236 g/mol. The minimum atomic E-state index is -1.18. The van der Waals surface area contributed by atoms with Crippen molar-refractivity contribution in [1.82, 2.24) is 15.5 Å². The highest BCUT2D eigenvalue weighted by Gasteiger charge is 2.24. The fraction of sp³-hybridized carbons (Fsp3) is 0.400. The van der Waals surface area contributed by atoms with Gasteiger partial charge in [-0.3, -0.25) is 10.1 Å². The van der Waals surface area contributed by atoms with E-state index in [1.54, 1.807) is 6.07 Å². The maximum absolute atomic E-state index is 11.3. The van der Waals surface area contributed by atoms with Gasteiger partial charge in [-0.1, -0.05) is 0 Å². The number of carbonyl (C=O) groups excluding carboxylic acids is 1. The van der Waals surface area contributed by atoms with Crippen molar-refractivity contribution < 1.29 is 14.7 Å². The molecule has 1 aliphatic heterocycles. The standard InChI is InChI=1S/C10H12N4O3/c15-9-6(3-4-11-9)5-7-1-2-8(14-13-7)12-10(16)17/h1-2,6H,3-5H2,(H,11,15)(H,12,14)(H,16,17). The number of carboxylic acid groups (broad SMARTS) is 1. The van der Waals surface area contributed by atoms with Crippen molar-refractivity contribution in [2.45, 2.75) is 12.8 Å². The quantitative estimate of drug-likeness (QED) is 0.697. The molecule has 1 aliphatic rings. The van der Waals surface area contributed by atoms with Gasteiger partial charge in [-0.05, 0) is 18.6 Å². The highest BCUT2D eigenvalue weighted by Crippen LogP contribution is 2.15. The van der Waals surface area contributed by atoms with Crippen molar-refractivity contribution in [3.63, 3.8) is 0 Å². The SMILES string of the molecule is O=C(O)Nc1ccc(CC2CCNC2=O)nn1. The lowest BCUT2D eigenvalue weighted by Gasteiger charge is -2.05. The van der Waals surface area contributed by atoms with E-state index < -0.39 is 6.09 Å². The summed E-state index contributed by atoms with van der Waals surface area (Å²) in [6.45, 7) is 0.704. The van der Waals surface area contributed by atoms with Gasteiger partial charge in [-0.25, -0.2) is 4.79 Å². The summed E-state index contributed by atoms with van der Waals surface area (Å²) < 4.78 is 0. The summed E-state index contributed by atoms with van der Waals surface area (Å²) in [5.74, 6) is 0.166. The Morgan fingerprint density at radius 1 is 1.53 bits per heavy atom. The van der Waals surface area contributed by atoms with Crippen LogP contribution in [-0.2, 0) is 11.2 Å². The van der Waals surface area contributed by atoms with Crippen LogP contribution in [0.25, 0.3) is 0 Å². The lowest BCUT2D eigenvalue weighted by atomic mass is 10.0. The summed E-state index contributed by atoms with van der Waals surface area (Å²) in [7, 11) is 0. The molecule has 7 nitrogen and oxygen atoms in total. The van der Waals surface area contributed by atoms with Crippen molar-refractivity contribution in [1.29, 1.82) is 0 Å². The summed E-state index contributed by atoms with van der Waals surface area (Å²) in [5, 5.41) is 20.9. The molecule has 2 amide bonds. The van der Waals surface area contributed by atoms with Gasteiger partial charge in [0.25, 0.3) is 0 Å². The third-order valence-electron chi connectivity index (χ3n) is 2.57. The first-order chi connectivity index (χ1) is 8.15. The van der Waals surface area contributed by atoms with Crippen molar-refractivity contribution >= 4 is 17.8 Å². The molecule has 2 rings (SSSR count). The first kappa shape index (κ1) is 11.3. The number of anilines is 1. The van der Waals surface area contributed by atoms with Crippen LogP contribution in [-0.4, -0.2) is 33.8 Å². The number of rotatable bonds is 3. The zero-order chi connectivity index (χ0) is 12.3. The predicted octanol–water partition coefficient (Wildman–Crippen LogP) is 0.245. The van der Waals surface area contributed by atoms with Gasteiger partial charge >= 0.3 is 6.09 Å². The molecule has 90 valence electrons. The second kappa shape index (κ2) is 4.77. The Bertz CT molecular complexity index is 432. The zero-order valence-electron chi connectivity index (χ0n) is 9.01. The molecule has 1 unspecified atom stereocenters. The van der Waals surface area contributed by atoms with Crippen LogP contribution in [0.2, 0.25) is 0 Å². The van der Waals surface area contributed by atoms with Gasteiger partial charge in [-0.2, -0.15) is 5.10 Å². The Labute approximate surface area is 97.2 Å². The molecule has 1 fully saturated rings. The predicted molar refractivity (Wildman–Crippen MR) is 58.5 cm³/mol. The lowest BCUT2D eigenvalue weighted by Crippen LogP contribution is -2.20. The molecular formula is C10H12N4O3. The van der Waals surface area contributed by atoms with Crippen LogP contribution in [0.1, 0.15) is 12.1 Å². The molecule has 2 heterocycles. The van der Waals surface area contributed by atoms with E-state index in [0.717, 1.165) is 6.42 Å². The number of amides is 2. The first-order valence-electron chi connectivity index (χ1n) is 5.25. The van der Waals surface area contributed by atoms with Gasteiger partial charge in [0.05, 0.1) is 5.69 Å². The molecule has 0 bridgehead atoms. The monoisotopic (exact) mass is 236 g/mol. The summed E-state index contributed by atoms with van der Waals surface area (Å²) in [6.07, 6.45) is 0.157. The van der Waals surface area contributed by atoms with E-state index in [-0.39, 0.29) is 17.6 Å². The van der Waals surface area contributed by atoms with Crippen molar-refractivity contribution in [3.05, 3.63) is 17.8 Å². The number of aromatic nitrogens is 2. The first-order valence-corrected chi connectivity index (χ1v) is 5.25. The van der Waals surface area contributed by atoms with E-state index in [1.165, 1.54) is 6.07 Å². The van der Waals surface area contributed by atoms with E-state index in [1.807, 2.05) is 0 Å². The Hall–Kier alpha value is -2.18. The van der Waals surface area contributed by atoms with Gasteiger partial charge in [0.2, 0.25) is 5.91 Å². The van der Waals surface area contributed by atoms with E-state index in [2.05, 4.69) is 20.8 Å². The summed E-state index contributed by atoms with van der Waals surface area (Å²) in [6, 6.07) is 3.20. The Morgan fingerprint density at radius 2 is 2.35 bits per heavy atom. The van der Waals surface area contributed by atoms with E-state index in [0.29, 0.717) is 18.7 Å². The van der Waals surface area contributed by atoms with Crippen LogP contribution in [0.15, 0.2) is 12.1 Å². The molecule has 0 radical (unpaired) electrons. The summed E-state index contributed by atoms with van der Waals surface area (Å²) in [5.41, 5.74) is 0.683. The fourth-order valence-corrected chi connectivity index (χ4v) is 1.74. The summed E-state index contributed by atoms with van der Waals surface area (Å²) >= 11 is 0. The van der Waals surface area contributed by atoms with E-state index in [9.17, 15) is 9.59 Å².